The van der Waals surface area contributed by atoms with Gasteiger partial charge in [-0.15, -0.1) is 0 Å². The molecule has 0 saturated carbocycles. The molecular formula is C25H21NO2. The molecule has 1 aliphatic rings. The molecule has 3 aromatic rings. The minimum absolute atomic E-state index is 0.374. The maximum atomic E-state index is 12.8. The second-order valence-electron chi connectivity index (χ2n) is 6.72. The highest BCUT2D eigenvalue weighted by Crippen LogP contribution is 2.41. The van der Waals surface area contributed by atoms with Crippen molar-refractivity contribution in [2.24, 2.45) is 0 Å². The van der Waals surface area contributed by atoms with E-state index in [2.05, 4.69) is 24.0 Å². The van der Waals surface area contributed by atoms with Crippen molar-refractivity contribution in [3.05, 3.63) is 107 Å². The second kappa shape index (κ2) is 7.62. The predicted octanol–water partition coefficient (Wildman–Crippen LogP) is 4.61. The summed E-state index contributed by atoms with van der Waals surface area (Å²) < 4.78 is 5.15. The topological polar surface area (TPSA) is 29.5 Å². The lowest BCUT2D eigenvalue weighted by Crippen LogP contribution is -2.53. The van der Waals surface area contributed by atoms with Gasteiger partial charge in [0, 0.05) is 12.1 Å². The third kappa shape index (κ3) is 3.04. The number of amides is 1. The van der Waals surface area contributed by atoms with E-state index in [-0.39, 0.29) is 6.09 Å². The van der Waals surface area contributed by atoms with Gasteiger partial charge in [0.2, 0.25) is 0 Å². The van der Waals surface area contributed by atoms with Crippen molar-refractivity contribution in [1.29, 1.82) is 0 Å². The average molecular weight is 367 g/mol. The Morgan fingerprint density at radius 2 is 1.57 bits per heavy atom. The van der Waals surface area contributed by atoms with E-state index in [1.165, 1.54) is 12.7 Å². The molecule has 0 fully saturated rings. The average Bonchev–Trinajstić information content (AvgIpc) is 2.78. The second-order valence-corrected chi connectivity index (χ2v) is 6.72. The molecule has 3 nitrogen and oxygen atoms in total. The van der Waals surface area contributed by atoms with E-state index in [1.807, 2.05) is 72.8 Å². The van der Waals surface area contributed by atoms with Crippen LogP contribution in [0.2, 0.25) is 0 Å². The molecule has 1 aliphatic heterocycles. The van der Waals surface area contributed by atoms with Crippen LogP contribution < -0.4 is 0 Å². The quantitative estimate of drug-likeness (QED) is 0.588. The summed E-state index contributed by atoms with van der Waals surface area (Å²) in [5.74, 6) is 6.77. The monoisotopic (exact) mass is 367 g/mol. The van der Waals surface area contributed by atoms with Crippen LogP contribution in [-0.2, 0) is 16.7 Å². The van der Waals surface area contributed by atoms with Crippen LogP contribution in [0, 0.1) is 11.8 Å². The highest BCUT2D eigenvalue weighted by atomic mass is 16.5. The van der Waals surface area contributed by atoms with Crippen molar-refractivity contribution in [2.45, 2.75) is 12.0 Å². The first-order chi connectivity index (χ1) is 13.8. The van der Waals surface area contributed by atoms with Crippen LogP contribution in [0.3, 0.4) is 0 Å². The van der Waals surface area contributed by atoms with Gasteiger partial charge in [0.05, 0.1) is 7.11 Å². The number of benzene rings is 3. The Morgan fingerprint density at radius 3 is 2.29 bits per heavy atom. The minimum atomic E-state index is -0.904. The van der Waals surface area contributed by atoms with Gasteiger partial charge in [-0.1, -0.05) is 84.6 Å². The number of carbonyl (C=O) groups is 1. The summed E-state index contributed by atoms with van der Waals surface area (Å²) in [5, 5.41) is 0. The molecule has 0 bridgehead atoms. The Hall–Kier alpha value is -3.51. The maximum Gasteiger partial charge on any atom is 0.411 e. The Morgan fingerprint density at radius 1 is 0.929 bits per heavy atom. The molecule has 0 aromatic heterocycles. The molecule has 28 heavy (non-hydrogen) atoms. The van der Waals surface area contributed by atoms with E-state index in [4.69, 9.17) is 4.74 Å². The van der Waals surface area contributed by atoms with Crippen LogP contribution in [0.1, 0.15) is 22.3 Å². The zero-order chi connectivity index (χ0) is 19.4. The van der Waals surface area contributed by atoms with Crippen molar-refractivity contribution in [3.63, 3.8) is 0 Å². The molecule has 0 spiro atoms. The van der Waals surface area contributed by atoms with Crippen LogP contribution in [-0.4, -0.2) is 24.6 Å². The zero-order valence-corrected chi connectivity index (χ0v) is 15.8. The van der Waals surface area contributed by atoms with Crippen molar-refractivity contribution in [3.8, 4) is 11.8 Å². The Bertz CT molecular complexity index is 1030. The largest absolute Gasteiger partial charge is 0.453 e. The summed E-state index contributed by atoms with van der Waals surface area (Å²) in [6.07, 6.45) is 0.396. The number of rotatable bonds is 1. The molecule has 1 amide bonds. The Kier molecular flexibility index (Phi) is 4.87. The van der Waals surface area contributed by atoms with Gasteiger partial charge < -0.3 is 4.74 Å². The summed E-state index contributed by atoms with van der Waals surface area (Å²) in [4.78, 5) is 14.6. The van der Waals surface area contributed by atoms with Gasteiger partial charge in [-0.05, 0) is 35.2 Å². The van der Waals surface area contributed by atoms with E-state index in [0.717, 1.165) is 23.1 Å². The van der Waals surface area contributed by atoms with Crippen molar-refractivity contribution < 1.29 is 9.53 Å². The first kappa shape index (κ1) is 17.9. The summed E-state index contributed by atoms with van der Waals surface area (Å²) in [5.41, 5.74) is 3.19. The molecule has 0 saturated heterocycles. The lowest BCUT2D eigenvalue weighted by Gasteiger charge is -2.44. The summed E-state index contributed by atoms with van der Waals surface area (Å²) >= 11 is 0. The van der Waals surface area contributed by atoms with Gasteiger partial charge in [-0.25, -0.2) is 4.79 Å². The third-order valence-electron chi connectivity index (χ3n) is 5.16. The van der Waals surface area contributed by atoms with Crippen molar-refractivity contribution in [2.75, 3.05) is 13.7 Å². The van der Waals surface area contributed by atoms with E-state index >= 15 is 0 Å². The fourth-order valence-corrected chi connectivity index (χ4v) is 3.86. The molecule has 3 heteroatoms. The van der Waals surface area contributed by atoms with Gasteiger partial charge in [0.1, 0.15) is 0 Å². The van der Waals surface area contributed by atoms with E-state index in [0.29, 0.717) is 6.54 Å². The number of hydrogen-bond donors (Lipinski definition) is 0. The van der Waals surface area contributed by atoms with Crippen molar-refractivity contribution in [1.82, 2.24) is 4.90 Å². The van der Waals surface area contributed by atoms with Crippen LogP contribution >= 0.6 is 0 Å². The van der Waals surface area contributed by atoms with Gasteiger partial charge in [-0.2, -0.15) is 0 Å². The van der Waals surface area contributed by atoms with Gasteiger partial charge in [-0.3, -0.25) is 4.90 Å². The summed E-state index contributed by atoms with van der Waals surface area (Å²) in [6.45, 7) is 0.544. The fraction of sp³-hybridized carbons (Fsp3) is 0.160. The molecule has 0 aliphatic carbocycles. The molecule has 0 N–H and O–H groups in total. The normalized spacial score (nSPS) is 17.8. The molecule has 4 rings (SSSR count). The Balaban J connectivity index is 2.01. The smallest absolute Gasteiger partial charge is 0.411 e. The number of nitrogens with zero attached hydrogens (tertiary/aromatic N) is 1. The molecule has 138 valence electrons. The number of methoxy groups -OCH3 is 1. The lowest BCUT2D eigenvalue weighted by atomic mass is 9.76. The van der Waals surface area contributed by atoms with Crippen LogP contribution in [0.4, 0.5) is 4.79 Å². The summed E-state index contributed by atoms with van der Waals surface area (Å²) in [6, 6.07) is 28.0. The number of carbonyl (C=O) groups excluding carboxylic acids is 1. The Labute approximate surface area is 165 Å². The minimum Gasteiger partial charge on any atom is -0.453 e. The number of fused-ring (bicyclic) bond motifs is 1. The molecule has 1 atom stereocenters. The predicted molar refractivity (Wildman–Crippen MR) is 110 cm³/mol. The molecular weight excluding hydrogens is 346 g/mol. The van der Waals surface area contributed by atoms with E-state index in [1.54, 1.807) is 4.90 Å². The molecule has 0 unspecified atom stereocenters. The molecule has 1 heterocycles. The van der Waals surface area contributed by atoms with Gasteiger partial charge in [0.25, 0.3) is 0 Å². The van der Waals surface area contributed by atoms with Gasteiger partial charge in [0.15, 0.2) is 5.54 Å². The van der Waals surface area contributed by atoms with E-state index in [9.17, 15) is 4.79 Å². The zero-order valence-electron chi connectivity index (χ0n) is 15.8. The van der Waals surface area contributed by atoms with Crippen molar-refractivity contribution >= 4 is 6.09 Å². The fourth-order valence-electron chi connectivity index (χ4n) is 3.86. The molecule has 3 aromatic carbocycles. The maximum absolute atomic E-state index is 12.8. The first-order valence-corrected chi connectivity index (χ1v) is 9.33. The SMILES string of the molecule is COC(=O)N1CCc2ccccc2[C@]1(C#Cc1ccccc1)c1ccccc1. The van der Waals surface area contributed by atoms with E-state index < -0.39 is 5.54 Å². The lowest BCUT2D eigenvalue weighted by molar-refractivity contribution is 0.0917. The van der Waals surface area contributed by atoms with Gasteiger partial charge >= 0.3 is 6.09 Å². The van der Waals surface area contributed by atoms with Crippen LogP contribution in [0.5, 0.6) is 0 Å². The number of ether oxygens (including phenoxy) is 1. The summed E-state index contributed by atoms with van der Waals surface area (Å²) in [7, 11) is 1.42. The highest BCUT2D eigenvalue weighted by molar-refractivity contribution is 5.73. The standard InChI is InChI=1S/C25H21NO2/c1-28-24(27)26-19-17-21-12-8-9-15-23(21)25(26,22-13-6-3-7-14-22)18-16-20-10-4-2-5-11-20/h2-15H,17,19H2,1H3/t25-/m0/s1. The number of hydrogen-bond acceptors (Lipinski definition) is 2. The molecule has 0 radical (unpaired) electrons. The van der Waals surface area contributed by atoms with Crippen LogP contribution in [0.15, 0.2) is 84.9 Å². The van der Waals surface area contributed by atoms with Crippen LogP contribution in [0.25, 0.3) is 0 Å². The first-order valence-electron chi connectivity index (χ1n) is 9.33. The highest BCUT2D eigenvalue weighted by Gasteiger charge is 2.46. The third-order valence-corrected chi connectivity index (χ3v) is 5.16.